The van der Waals surface area contributed by atoms with Crippen LogP contribution in [0.3, 0.4) is 0 Å². The topological polar surface area (TPSA) is 52.6 Å². The number of halogens is 1. The first-order chi connectivity index (χ1) is 16.0. The fourth-order valence-corrected chi connectivity index (χ4v) is 5.36. The Labute approximate surface area is 195 Å². The van der Waals surface area contributed by atoms with Crippen molar-refractivity contribution in [2.75, 3.05) is 43.0 Å². The number of nitrogens with zero attached hydrogens (tertiary/aromatic N) is 5. The maximum Gasteiger partial charge on any atom is 0.264 e. The van der Waals surface area contributed by atoms with E-state index in [1.54, 1.807) is 18.5 Å². The first kappa shape index (κ1) is 21.3. The van der Waals surface area contributed by atoms with Crippen LogP contribution in [0.4, 0.5) is 21.6 Å². The molecule has 0 saturated carbocycles. The third kappa shape index (κ3) is 4.02. The fraction of sp³-hybridized carbons (Fsp3) is 0.240. The van der Waals surface area contributed by atoms with Gasteiger partial charge in [0.1, 0.15) is 22.8 Å². The summed E-state index contributed by atoms with van der Waals surface area (Å²) >= 11 is 1.43. The minimum Gasteiger partial charge on any atom is -0.368 e. The van der Waals surface area contributed by atoms with Crippen LogP contribution in [-0.4, -0.2) is 54.0 Å². The van der Waals surface area contributed by atoms with E-state index in [1.165, 1.54) is 23.5 Å². The van der Waals surface area contributed by atoms with E-state index in [0.29, 0.717) is 31.1 Å². The van der Waals surface area contributed by atoms with E-state index in [0.717, 1.165) is 33.0 Å². The molecule has 2 aromatic carbocycles. The molecule has 33 heavy (non-hydrogen) atoms. The number of hydrogen-bond acceptors (Lipinski definition) is 6. The minimum atomic E-state index is -0.242. The Balaban J connectivity index is 1.38. The summed E-state index contributed by atoms with van der Waals surface area (Å²) in [4.78, 5) is 30.1. The predicted molar refractivity (Wildman–Crippen MR) is 131 cm³/mol. The molecule has 4 aromatic rings. The van der Waals surface area contributed by atoms with Crippen LogP contribution in [0.5, 0.6) is 0 Å². The predicted octanol–water partition coefficient (Wildman–Crippen LogP) is 4.87. The summed E-state index contributed by atoms with van der Waals surface area (Å²) < 4.78 is 13.2. The molecule has 0 unspecified atom stereocenters. The van der Waals surface area contributed by atoms with Crippen molar-refractivity contribution in [3.05, 3.63) is 77.2 Å². The van der Waals surface area contributed by atoms with E-state index in [9.17, 15) is 9.18 Å². The Morgan fingerprint density at radius 3 is 2.39 bits per heavy atom. The molecular formula is C25H24FN5OS. The highest BCUT2D eigenvalue weighted by Crippen LogP contribution is 2.37. The van der Waals surface area contributed by atoms with Gasteiger partial charge in [0.2, 0.25) is 0 Å². The zero-order valence-corrected chi connectivity index (χ0v) is 19.3. The first-order valence-electron chi connectivity index (χ1n) is 10.9. The number of piperazine rings is 1. The van der Waals surface area contributed by atoms with Crippen molar-refractivity contribution in [2.24, 2.45) is 0 Å². The number of hydrogen-bond donors (Lipinski definition) is 0. The molecule has 1 fully saturated rings. The molecule has 168 valence electrons. The highest BCUT2D eigenvalue weighted by Gasteiger charge is 2.27. The standard InChI is InChI=1S/C25H24FN5OS/c1-17-21-23(29(2)19-6-4-3-5-7-19)27-16-28-24(21)33-22(17)25(32)31-14-12-30(13-15-31)20-10-8-18(26)9-11-20/h3-11,16H,12-15H2,1-2H3. The maximum atomic E-state index is 13.4. The number of carbonyl (C=O) groups excluding carboxylic acids is 1. The van der Waals surface area contributed by atoms with Crippen LogP contribution >= 0.6 is 11.3 Å². The lowest BCUT2D eigenvalue weighted by Crippen LogP contribution is -2.48. The van der Waals surface area contributed by atoms with Gasteiger partial charge in [0.05, 0.1) is 10.3 Å². The van der Waals surface area contributed by atoms with Crippen LogP contribution < -0.4 is 9.80 Å². The quantitative estimate of drug-likeness (QED) is 0.434. The summed E-state index contributed by atoms with van der Waals surface area (Å²) in [6, 6.07) is 16.5. The van der Waals surface area contributed by atoms with E-state index in [1.807, 2.05) is 54.1 Å². The van der Waals surface area contributed by atoms with Gasteiger partial charge >= 0.3 is 0 Å². The number of amides is 1. The number of benzene rings is 2. The van der Waals surface area contributed by atoms with Gasteiger partial charge in [-0.2, -0.15) is 0 Å². The number of aromatic nitrogens is 2. The van der Waals surface area contributed by atoms with Crippen molar-refractivity contribution in [3.8, 4) is 0 Å². The minimum absolute atomic E-state index is 0.0302. The second-order valence-electron chi connectivity index (χ2n) is 8.08. The molecule has 0 N–H and O–H groups in total. The molecule has 8 heteroatoms. The van der Waals surface area contributed by atoms with E-state index in [-0.39, 0.29) is 11.7 Å². The zero-order valence-electron chi connectivity index (χ0n) is 18.5. The molecule has 0 bridgehead atoms. The van der Waals surface area contributed by atoms with Crippen LogP contribution in [0.1, 0.15) is 15.2 Å². The number of carbonyl (C=O) groups is 1. The van der Waals surface area contributed by atoms with Gasteiger partial charge in [-0.3, -0.25) is 4.79 Å². The number of aryl methyl sites for hydroxylation is 1. The lowest BCUT2D eigenvalue weighted by atomic mass is 10.1. The molecule has 3 heterocycles. The molecule has 6 nitrogen and oxygen atoms in total. The third-order valence-electron chi connectivity index (χ3n) is 6.12. The average molecular weight is 462 g/mol. The highest BCUT2D eigenvalue weighted by molar-refractivity contribution is 7.20. The molecule has 0 spiro atoms. The molecular weight excluding hydrogens is 437 g/mol. The van der Waals surface area contributed by atoms with Crippen molar-refractivity contribution in [3.63, 3.8) is 0 Å². The molecule has 1 saturated heterocycles. The monoisotopic (exact) mass is 461 g/mol. The number of fused-ring (bicyclic) bond motifs is 1. The summed E-state index contributed by atoms with van der Waals surface area (Å²) in [6.45, 7) is 4.64. The Kier molecular flexibility index (Phi) is 5.68. The average Bonchev–Trinajstić information content (AvgIpc) is 3.21. The van der Waals surface area contributed by atoms with Gasteiger partial charge < -0.3 is 14.7 Å². The second kappa shape index (κ2) is 8.78. The maximum absolute atomic E-state index is 13.4. The number of para-hydroxylation sites is 1. The van der Waals surface area contributed by atoms with Crippen LogP contribution in [0.15, 0.2) is 60.9 Å². The van der Waals surface area contributed by atoms with Crippen LogP contribution in [0, 0.1) is 12.7 Å². The number of anilines is 3. The Bertz CT molecular complexity index is 1280. The summed E-state index contributed by atoms with van der Waals surface area (Å²) in [7, 11) is 1.98. The highest BCUT2D eigenvalue weighted by atomic mass is 32.1. The van der Waals surface area contributed by atoms with Gasteiger partial charge in [-0.05, 0) is 48.9 Å². The van der Waals surface area contributed by atoms with E-state index >= 15 is 0 Å². The largest absolute Gasteiger partial charge is 0.368 e. The Morgan fingerprint density at radius 2 is 1.70 bits per heavy atom. The van der Waals surface area contributed by atoms with Gasteiger partial charge in [0.15, 0.2) is 0 Å². The smallest absolute Gasteiger partial charge is 0.264 e. The van der Waals surface area contributed by atoms with E-state index < -0.39 is 0 Å². The Morgan fingerprint density at radius 1 is 1.00 bits per heavy atom. The van der Waals surface area contributed by atoms with E-state index in [2.05, 4.69) is 14.9 Å². The molecule has 1 aliphatic rings. The van der Waals surface area contributed by atoms with Crippen LogP contribution in [0.25, 0.3) is 10.2 Å². The lowest BCUT2D eigenvalue weighted by Gasteiger charge is -2.36. The molecule has 0 aliphatic carbocycles. The molecule has 1 amide bonds. The van der Waals surface area contributed by atoms with Gasteiger partial charge in [0, 0.05) is 44.6 Å². The molecule has 0 atom stereocenters. The van der Waals surface area contributed by atoms with Gasteiger partial charge in [-0.15, -0.1) is 11.3 Å². The summed E-state index contributed by atoms with van der Waals surface area (Å²) in [6.07, 6.45) is 1.56. The molecule has 5 rings (SSSR count). The summed E-state index contributed by atoms with van der Waals surface area (Å²) in [5.74, 6) is 0.580. The Hall–Kier alpha value is -3.52. The van der Waals surface area contributed by atoms with Crippen molar-refractivity contribution in [1.82, 2.24) is 14.9 Å². The normalized spacial score (nSPS) is 14.0. The summed E-state index contributed by atoms with van der Waals surface area (Å²) in [5, 5.41) is 0.919. The number of rotatable bonds is 4. The molecule has 2 aromatic heterocycles. The lowest BCUT2D eigenvalue weighted by molar-refractivity contribution is 0.0751. The van der Waals surface area contributed by atoms with E-state index in [4.69, 9.17) is 0 Å². The van der Waals surface area contributed by atoms with Crippen molar-refractivity contribution in [1.29, 1.82) is 0 Å². The summed E-state index contributed by atoms with van der Waals surface area (Å²) in [5.41, 5.74) is 2.91. The zero-order chi connectivity index (χ0) is 22.9. The van der Waals surface area contributed by atoms with Crippen LogP contribution in [0.2, 0.25) is 0 Å². The van der Waals surface area contributed by atoms with Crippen LogP contribution in [-0.2, 0) is 0 Å². The first-order valence-corrected chi connectivity index (χ1v) is 11.7. The molecule has 1 aliphatic heterocycles. The van der Waals surface area contributed by atoms with Crippen molar-refractivity contribution in [2.45, 2.75) is 6.92 Å². The van der Waals surface area contributed by atoms with Gasteiger partial charge in [0.25, 0.3) is 5.91 Å². The molecule has 0 radical (unpaired) electrons. The number of thiophene rings is 1. The SMILES string of the molecule is Cc1c(C(=O)N2CCN(c3ccc(F)cc3)CC2)sc2ncnc(N(C)c3ccccc3)c12. The fourth-order valence-electron chi connectivity index (χ4n) is 4.25. The third-order valence-corrected chi connectivity index (χ3v) is 7.31. The van der Waals surface area contributed by atoms with Gasteiger partial charge in [-0.1, -0.05) is 18.2 Å². The second-order valence-corrected chi connectivity index (χ2v) is 9.08. The van der Waals surface area contributed by atoms with Crippen molar-refractivity contribution >= 4 is 44.7 Å². The van der Waals surface area contributed by atoms with Gasteiger partial charge in [-0.25, -0.2) is 14.4 Å². The van der Waals surface area contributed by atoms with Crippen molar-refractivity contribution < 1.29 is 9.18 Å².